The maximum atomic E-state index is 4.91. The van der Waals surface area contributed by atoms with Crippen LogP contribution in [0.25, 0.3) is 0 Å². The fraction of sp³-hybridized carbons (Fsp3) is 0.833. The molecule has 0 aromatic heterocycles. The zero-order valence-electron chi connectivity index (χ0n) is 5.44. The van der Waals surface area contributed by atoms with Crippen molar-refractivity contribution in [2.75, 3.05) is 7.11 Å². The molecule has 8 heavy (non-hydrogen) atoms. The van der Waals surface area contributed by atoms with E-state index in [2.05, 4.69) is 22.8 Å². The van der Waals surface area contributed by atoms with Crippen LogP contribution in [0.2, 0.25) is 0 Å². The third-order valence-corrected chi connectivity index (χ3v) is 1.54. The summed E-state index contributed by atoms with van der Waals surface area (Å²) in [6.45, 7) is 2.17. The van der Waals surface area contributed by atoms with Crippen LogP contribution >= 0.6 is 0 Å². The summed E-state index contributed by atoms with van der Waals surface area (Å²) in [5.74, 6) is 0. The second-order valence-electron chi connectivity index (χ2n) is 1.68. The average molecular weight is 152 g/mol. The van der Waals surface area contributed by atoms with Crippen molar-refractivity contribution in [3.8, 4) is 0 Å². The second kappa shape index (κ2) is 5.50. The SMILES string of the molecule is CCCC[C](=[Cr])OC. The van der Waals surface area contributed by atoms with Gasteiger partial charge >= 0.3 is 58.5 Å². The van der Waals surface area contributed by atoms with Gasteiger partial charge in [0.05, 0.1) is 0 Å². The Bertz CT molecular complexity index is 70.9. The van der Waals surface area contributed by atoms with E-state index in [-0.39, 0.29) is 0 Å². The van der Waals surface area contributed by atoms with E-state index in [4.69, 9.17) is 4.74 Å². The van der Waals surface area contributed by atoms with Crippen molar-refractivity contribution in [1.29, 1.82) is 0 Å². The number of hydrogen-bond donors (Lipinski definition) is 0. The number of unbranched alkanes of at least 4 members (excludes halogenated alkanes) is 1. The van der Waals surface area contributed by atoms with Crippen molar-refractivity contribution >= 4 is 4.57 Å². The number of ether oxygens (including phenoxy) is 1. The van der Waals surface area contributed by atoms with E-state index in [1.165, 1.54) is 12.8 Å². The molecule has 0 radical (unpaired) electrons. The number of rotatable bonds is 4. The van der Waals surface area contributed by atoms with Gasteiger partial charge in [0.1, 0.15) is 0 Å². The predicted octanol–water partition coefficient (Wildman–Crippen LogP) is 1.50. The second-order valence-corrected chi connectivity index (χ2v) is 2.39. The predicted molar refractivity (Wildman–Crippen MR) is 31.5 cm³/mol. The average Bonchev–Trinajstić information content (AvgIpc) is 1.83. The summed E-state index contributed by atoms with van der Waals surface area (Å²) >= 11 is 2.86. The molecule has 2 heteroatoms. The van der Waals surface area contributed by atoms with E-state index in [0.29, 0.717) is 0 Å². The fourth-order valence-corrected chi connectivity index (χ4v) is 0.649. The molecule has 48 valence electrons. The Kier molecular flexibility index (Phi) is 5.75. The van der Waals surface area contributed by atoms with E-state index >= 15 is 0 Å². The Labute approximate surface area is 59.0 Å². The van der Waals surface area contributed by atoms with Crippen LogP contribution < -0.4 is 0 Å². The number of hydrogen-bond acceptors (Lipinski definition) is 1. The van der Waals surface area contributed by atoms with Gasteiger partial charge in [-0.25, -0.2) is 0 Å². The van der Waals surface area contributed by atoms with Crippen molar-refractivity contribution in [2.24, 2.45) is 0 Å². The Hall–Kier alpha value is 0.362. The van der Waals surface area contributed by atoms with Crippen LogP contribution in [0.5, 0.6) is 0 Å². The molecule has 0 aliphatic rings. The van der Waals surface area contributed by atoms with Crippen LogP contribution in [0, 0.1) is 0 Å². The Morgan fingerprint density at radius 1 is 1.62 bits per heavy atom. The zero-order chi connectivity index (χ0) is 6.41. The molecule has 1 nitrogen and oxygen atoms in total. The van der Waals surface area contributed by atoms with Gasteiger partial charge in [-0.3, -0.25) is 0 Å². The third-order valence-electron chi connectivity index (χ3n) is 0.962. The van der Waals surface area contributed by atoms with Crippen LogP contribution in [-0.4, -0.2) is 11.7 Å². The first-order valence-corrected chi connectivity index (χ1v) is 3.51. The van der Waals surface area contributed by atoms with Gasteiger partial charge in [0.25, 0.3) is 0 Å². The Morgan fingerprint density at radius 3 is 2.62 bits per heavy atom. The van der Waals surface area contributed by atoms with Crippen molar-refractivity contribution in [1.82, 2.24) is 0 Å². The van der Waals surface area contributed by atoms with E-state index in [9.17, 15) is 0 Å². The van der Waals surface area contributed by atoms with Gasteiger partial charge in [-0.05, 0) is 0 Å². The summed E-state index contributed by atoms with van der Waals surface area (Å²) in [6.07, 6.45) is 3.51. The molecule has 0 spiro atoms. The van der Waals surface area contributed by atoms with Gasteiger partial charge < -0.3 is 0 Å². The summed E-state index contributed by atoms with van der Waals surface area (Å²) in [5.41, 5.74) is 0. The molecule has 0 atom stereocenters. The van der Waals surface area contributed by atoms with Crippen molar-refractivity contribution in [2.45, 2.75) is 26.2 Å². The van der Waals surface area contributed by atoms with Gasteiger partial charge in [-0.1, -0.05) is 0 Å². The van der Waals surface area contributed by atoms with E-state index in [1.54, 1.807) is 7.11 Å². The van der Waals surface area contributed by atoms with Crippen LogP contribution in [-0.2, 0) is 20.6 Å². The van der Waals surface area contributed by atoms with Gasteiger partial charge in [0.2, 0.25) is 0 Å². The Balaban J connectivity index is 2.99. The molecular formula is C6H12CrO. The first-order chi connectivity index (χ1) is 3.81. The molecule has 0 saturated carbocycles. The molecule has 0 heterocycles. The summed E-state index contributed by atoms with van der Waals surface area (Å²) in [5, 5.41) is 0. The standard InChI is InChI=1S/C6H12O.Cr/c1-3-4-5-6-7-2;/h3-5H2,1-2H3;. The molecular weight excluding hydrogens is 140 g/mol. The van der Waals surface area contributed by atoms with Crippen molar-refractivity contribution < 1.29 is 20.6 Å². The molecule has 0 rings (SSSR count). The molecule has 0 amide bonds. The zero-order valence-corrected chi connectivity index (χ0v) is 6.71. The monoisotopic (exact) mass is 152 g/mol. The topological polar surface area (TPSA) is 9.23 Å². The molecule has 0 fully saturated rings. The van der Waals surface area contributed by atoms with Gasteiger partial charge in [0.15, 0.2) is 0 Å². The van der Waals surface area contributed by atoms with Crippen LogP contribution in [0.1, 0.15) is 26.2 Å². The molecule has 0 unspecified atom stereocenters. The summed E-state index contributed by atoms with van der Waals surface area (Å²) < 4.78 is 5.93. The van der Waals surface area contributed by atoms with E-state index < -0.39 is 0 Å². The molecule has 0 aliphatic carbocycles. The molecule has 0 saturated heterocycles. The van der Waals surface area contributed by atoms with Crippen molar-refractivity contribution in [3.63, 3.8) is 0 Å². The van der Waals surface area contributed by atoms with Crippen molar-refractivity contribution in [3.05, 3.63) is 0 Å². The quantitative estimate of drug-likeness (QED) is 0.593. The van der Waals surface area contributed by atoms with Gasteiger partial charge in [-0.2, -0.15) is 0 Å². The molecule has 0 aromatic carbocycles. The van der Waals surface area contributed by atoms with Gasteiger partial charge in [0, 0.05) is 0 Å². The Morgan fingerprint density at radius 2 is 2.25 bits per heavy atom. The fourth-order valence-electron chi connectivity index (χ4n) is 0.423. The minimum absolute atomic E-state index is 1.02. The van der Waals surface area contributed by atoms with Crippen LogP contribution in [0.4, 0.5) is 0 Å². The minimum atomic E-state index is 1.02. The first-order valence-electron chi connectivity index (χ1n) is 2.88. The molecule has 0 N–H and O–H groups in total. The summed E-state index contributed by atoms with van der Waals surface area (Å²) in [7, 11) is 1.70. The summed E-state index contributed by atoms with van der Waals surface area (Å²) in [4.78, 5) is 0. The van der Waals surface area contributed by atoms with Crippen LogP contribution in [0.15, 0.2) is 0 Å². The molecule has 0 aliphatic heterocycles. The van der Waals surface area contributed by atoms with Crippen LogP contribution in [0.3, 0.4) is 0 Å². The maximum absolute atomic E-state index is 4.91. The normalized spacial score (nSPS) is 9.25. The number of methoxy groups -OCH3 is 1. The third kappa shape index (κ3) is 4.52. The van der Waals surface area contributed by atoms with E-state index in [0.717, 1.165) is 11.0 Å². The summed E-state index contributed by atoms with van der Waals surface area (Å²) in [6, 6.07) is 0. The molecule has 0 bridgehead atoms. The van der Waals surface area contributed by atoms with E-state index in [1.807, 2.05) is 0 Å². The van der Waals surface area contributed by atoms with Gasteiger partial charge in [-0.15, -0.1) is 0 Å². The molecule has 0 aromatic rings. The first kappa shape index (κ1) is 8.36.